The molecule has 4 heteroatoms. The summed E-state index contributed by atoms with van der Waals surface area (Å²) in [5.74, 6) is 0.626. The van der Waals surface area contributed by atoms with Crippen molar-refractivity contribution in [3.63, 3.8) is 0 Å². The molecule has 4 nitrogen and oxygen atoms in total. The number of amides is 1. The minimum Gasteiger partial charge on any atom is -0.491 e. The maximum Gasteiger partial charge on any atom is 0.235 e. The average Bonchev–Trinajstić information content (AvgIpc) is 3.20. The third-order valence-electron chi connectivity index (χ3n) is 5.73. The van der Waals surface area contributed by atoms with Crippen molar-refractivity contribution in [2.45, 2.75) is 64.4 Å². The number of hydrogen-bond donors (Lipinski definition) is 1. The van der Waals surface area contributed by atoms with Gasteiger partial charge >= 0.3 is 0 Å². The van der Waals surface area contributed by atoms with Gasteiger partial charge in [0.2, 0.25) is 5.91 Å². The molecule has 1 fully saturated rings. The zero-order valence-electron chi connectivity index (χ0n) is 16.9. The van der Waals surface area contributed by atoms with Crippen LogP contribution >= 0.6 is 0 Å². The van der Waals surface area contributed by atoms with Crippen LogP contribution < -0.4 is 10.1 Å². The van der Waals surface area contributed by atoms with Crippen molar-refractivity contribution in [2.75, 3.05) is 5.32 Å². The second-order valence-electron chi connectivity index (χ2n) is 7.77. The van der Waals surface area contributed by atoms with Crippen molar-refractivity contribution >= 4 is 11.6 Å². The van der Waals surface area contributed by atoms with Crippen molar-refractivity contribution in [2.24, 2.45) is 0 Å². The Morgan fingerprint density at radius 1 is 1.25 bits per heavy atom. The molecular formula is C24H28N2O2. The van der Waals surface area contributed by atoms with Gasteiger partial charge in [-0.3, -0.25) is 4.79 Å². The summed E-state index contributed by atoms with van der Waals surface area (Å²) < 4.78 is 5.80. The van der Waals surface area contributed by atoms with E-state index in [9.17, 15) is 10.1 Å². The summed E-state index contributed by atoms with van der Waals surface area (Å²) in [6.07, 6.45) is 4.70. The Kier molecular flexibility index (Phi) is 6.04. The van der Waals surface area contributed by atoms with E-state index < -0.39 is 5.41 Å². The maximum atomic E-state index is 13.4. The van der Waals surface area contributed by atoms with Crippen LogP contribution in [0.25, 0.3) is 0 Å². The number of rotatable bonds is 6. The minimum absolute atomic E-state index is 0.0253. The molecule has 0 saturated heterocycles. The normalized spacial score (nSPS) is 16.2. The number of nitriles is 1. The smallest absolute Gasteiger partial charge is 0.235 e. The number of nitrogens with one attached hydrogen (secondary N) is 1. The molecule has 2 aromatic carbocycles. The number of benzene rings is 2. The van der Waals surface area contributed by atoms with Crippen molar-refractivity contribution in [3.05, 3.63) is 59.2 Å². The van der Waals surface area contributed by atoms with Gasteiger partial charge < -0.3 is 10.1 Å². The first-order valence-electron chi connectivity index (χ1n) is 10.1. The van der Waals surface area contributed by atoms with Crippen LogP contribution in [0.1, 0.15) is 62.6 Å². The fraction of sp³-hybridized carbons (Fsp3) is 0.417. The van der Waals surface area contributed by atoms with Crippen LogP contribution in [0.2, 0.25) is 0 Å². The van der Waals surface area contributed by atoms with Gasteiger partial charge in [-0.05, 0) is 50.8 Å². The maximum absolute atomic E-state index is 13.4. The Morgan fingerprint density at radius 3 is 2.64 bits per heavy atom. The molecule has 1 amide bonds. The lowest BCUT2D eigenvalue weighted by molar-refractivity contribution is -0.121. The van der Waals surface area contributed by atoms with E-state index in [1.807, 2.05) is 38.1 Å². The lowest BCUT2D eigenvalue weighted by Gasteiger charge is -2.29. The first-order valence-corrected chi connectivity index (χ1v) is 10.1. The van der Waals surface area contributed by atoms with Crippen LogP contribution in [0.4, 0.5) is 5.69 Å². The summed E-state index contributed by atoms with van der Waals surface area (Å²) in [6, 6.07) is 15.7. The lowest BCUT2D eigenvalue weighted by Crippen LogP contribution is -2.38. The van der Waals surface area contributed by atoms with E-state index >= 15 is 0 Å². The molecule has 1 N–H and O–H groups in total. The Balaban J connectivity index is 1.87. The third kappa shape index (κ3) is 4.04. The molecule has 1 saturated carbocycles. The molecule has 1 atom stereocenters. The largest absolute Gasteiger partial charge is 0.491 e. The highest BCUT2D eigenvalue weighted by Gasteiger charge is 2.42. The molecule has 28 heavy (non-hydrogen) atoms. The highest BCUT2D eigenvalue weighted by atomic mass is 16.5. The Bertz CT molecular complexity index is 892. The van der Waals surface area contributed by atoms with E-state index in [4.69, 9.17) is 4.74 Å². The highest BCUT2D eigenvalue weighted by molar-refractivity contribution is 6.00. The van der Waals surface area contributed by atoms with Crippen LogP contribution in [0, 0.1) is 18.3 Å². The topological polar surface area (TPSA) is 62.1 Å². The van der Waals surface area contributed by atoms with Gasteiger partial charge in [0.15, 0.2) is 0 Å². The molecule has 0 spiro atoms. The number of nitrogens with zero attached hydrogens (tertiary/aromatic N) is 1. The van der Waals surface area contributed by atoms with Gasteiger partial charge in [0.05, 0.1) is 22.8 Å². The number of carbonyl (C=O) groups is 1. The van der Waals surface area contributed by atoms with Crippen LogP contribution in [0.5, 0.6) is 5.75 Å². The third-order valence-corrected chi connectivity index (χ3v) is 5.73. The monoisotopic (exact) mass is 376 g/mol. The number of aryl methyl sites for hydroxylation is 1. The summed E-state index contributed by atoms with van der Waals surface area (Å²) in [5, 5.41) is 12.6. The number of ether oxygens (including phenoxy) is 1. The van der Waals surface area contributed by atoms with Gasteiger partial charge in [-0.2, -0.15) is 5.26 Å². The second kappa shape index (κ2) is 8.48. The molecule has 0 bridgehead atoms. The lowest BCUT2D eigenvalue weighted by atomic mass is 9.77. The van der Waals surface area contributed by atoms with E-state index in [-0.39, 0.29) is 12.0 Å². The van der Waals surface area contributed by atoms with Crippen LogP contribution in [0.15, 0.2) is 42.5 Å². The molecule has 2 aromatic rings. The molecule has 1 aliphatic rings. The molecule has 0 aromatic heterocycles. The average molecular weight is 377 g/mol. The van der Waals surface area contributed by atoms with E-state index in [0.29, 0.717) is 17.0 Å². The predicted molar refractivity (Wildman–Crippen MR) is 111 cm³/mol. The Labute approximate surface area is 167 Å². The summed E-state index contributed by atoms with van der Waals surface area (Å²) >= 11 is 0. The highest BCUT2D eigenvalue weighted by Crippen LogP contribution is 2.42. The van der Waals surface area contributed by atoms with Crippen LogP contribution in [-0.2, 0) is 10.2 Å². The van der Waals surface area contributed by atoms with Gasteiger partial charge in [0.25, 0.3) is 0 Å². The van der Waals surface area contributed by atoms with Gasteiger partial charge in [-0.1, -0.05) is 49.6 Å². The van der Waals surface area contributed by atoms with Gasteiger partial charge in [-0.25, -0.2) is 0 Å². The molecule has 0 unspecified atom stereocenters. The molecule has 1 aliphatic carbocycles. The fourth-order valence-corrected chi connectivity index (χ4v) is 3.92. The summed E-state index contributed by atoms with van der Waals surface area (Å²) in [4.78, 5) is 13.4. The molecule has 3 rings (SSSR count). The van der Waals surface area contributed by atoms with Crippen LogP contribution in [0.3, 0.4) is 0 Å². The van der Waals surface area contributed by atoms with Crippen molar-refractivity contribution < 1.29 is 9.53 Å². The number of hydrogen-bond acceptors (Lipinski definition) is 3. The summed E-state index contributed by atoms with van der Waals surface area (Å²) in [7, 11) is 0. The fourth-order valence-electron chi connectivity index (χ4n) is 3.92. The Hall–Kier alpha value is -2.80. The number of carbonyl (C=O) groups excluding carboxylic acids is 1. The van der Waals surface area contributed by atoms with Gasteiger partial charge in [-0.15, -0.1) is 0 Å². The van der Waals surface area contributed by atoms with Gasteiger partial charge in [0.1, 0.15) is 11.8 Å². The summed E-state index contributed by atoms with van der Waals surface area (Å²) in [6.45, 7) is 6.10. The van der Waals surface area contributed by atoms with E-state index in [1.54, 1.807) is 12.1 Å². The number of anilines is 1. The van der Waals surface area contributed by atoms with E-state index in [0.717, 1.165) is 43.2 Å². The van der Waals surface area contributed by atoms with Gasteiger partial charge in [0, 0.05) is 6.07 Å². The van der Waals surface area contributed by atoms with E-state index in [1.165, 1.54) is 0 Å². The predicted octanol–water partition coefficient (Wildman–Crippen LogP) is 5.49. The zero-order chi connectivity index (χ0) is 20.1. The Morgan fingerprint density at radius 2 is 2.00 bits per heavy atom. The minimum atomic E-state index is -0.523. The zero-order valence-corrected chi connectivity index (χ0v) is 16.9. The standard InChI is InChI=1S/C24H28N2O2/c1-4-18(3)28-21-10-11-22(19(15-21)16-25)26-23(27)24(12-5-6-13-24)20-9-7-8-17(2)14-20/h7-11,14-15,18H,4-6,12-13H2,1-3H3,(H,26,27)/t18-/m0/s1. The first kappa shape index (κ1) is 19.9. The molecule has 0 aliphatic heterocycles. The second-order valence-corrected chi connectivity index (χ2v) is 7.77. The SMILES string of the molecule is CC[C@H](C)Oc1ccc(NC(=O)C2(c3cccc(C)c3)CCCC2)c(C#N)c1. The molecule has 0 radical (unpaired) electrons. The van der Waals surface area contributed by atoms with Crippen LogP contribution in [-0.4, -0.2) is 12.0 Å². The van der Waals surface area contributed by atoms with E-state index in [2.05, 4.69) is 24.4 Å². The molecule has 146 valence electrons. The van der Waals surface area contributed by atoms with Crippen molar-refractivity contribution in [3.8, 4) is 11.8 Å². The molecule has 0 heterocycles. The van der Waals surface area contributed by atoms with Crippen molar-refractivity contribution in [1.82, 2.24) is 0 Å². The van der Waals surface area contributed by atoms with Crippen molar-refractivity contribution in [1.29, 1.82) is 5.26 Å². The quantitative estimate of drug-likeness (QED) is 0.724. The molecular weight excluding hydrogens is 348 g/mol. The first-order chi connectivity index (χ1) is 13.5. The summed E-state index contributed by atoms with van der Waals surface area (Å²) in [5.41, 5.74) is 2.66.